The fourth-order valence-corrected chi connectivity index (χ4v) is 3.57. The Bertz CT molecular complexity index is 686. The van der Waals surface area contributed by atoms with Gasteiger partial charge in [-0.2, -0.15) is 0 Å². The first-order valence-electron chi connectivity index (χ1n) is 8.85. The Morgan fingerprint density at radius 3 is 2.48 bits per heavy atom. The lowest BCUT2D eigenvalue weighted by atomic mass is 9.84. The van der Waals surface area contributed by atoms with Crippen LogP contribution in [0.25, 0.3) is 5.70 Å². The zero-order valence-electron chi connectivity index (χ0n) is 14.6. The molecule has 23 heavy (non-hydrogen) atoms. The first-order valence-corrected chi connectivity index (χ1v) is 8.85. The summed E-state index contributed by atoms with van der Waals surface area (Å²) in [5.41, 5.74) is 8.31. The lowest BCUT2D eigenvalue weighted by Gasteiger charge is -2.26. The maximum atomic E-state index is 5.08. The van der Waals surface area contributed by atoms with Crippen LogP contribution in [0.2, 0.25) is 0 Å². The highest BCUT2D eigenvalue weighted by Gasteiger charge is 2.22. The van der Waals surface area contributed by atoms with Crippen molar-refractivity contribution in [2.75, 3.05) is 0 Å². The molecule has 0 saturated heterocycles. The summed E-state index contributed by atoms with van der Waals surface area (Å²) >= 11 is 0. The van der Waals surface area contributed by atoms with Crippen molar-refractivity contribution < 1.29 is 0 Å². The molecule has 2 aliphatic rings. The van der Waals surface area contributed by atoms with Crippen molar-refractivity contribution in [3.05, 3.63) is 64.8 Å². The summed E-state index contributed by atoms with van der Waals surface area (Å²) in [6.07, 6.45) is 10.4. The number of allylic oxidation sites excluding steroid dienone is 5. The molecule has 3 rings (SSSR count). The lowest BCUT2D eigenvalue weighted by molar-refractivity contribution is 0.606. The molecule has 0 fully saturated rings. The average Bonchev–Trinajstić information content (AvgIpc) is 2.59. The van der Waals surface area contributed by atoms with Gasteiger partial charge in [-0.05, 0) is 51.0 Å². The van der Waals surface area contributed by atoms with Gasteiger partial charge in [0.15, 0.2) is 0 Å². The van der Waals surface area contributed by atoms with E-state index in [1.165, 1.54) is 53.0 Å². The van der Waals surface area contributed by atoms with E-state index in [9.17, 15) is 0 Å². The Balaban J connectivity index is 1.89. The number of hydrogen-bond acceptors (Lipinski definition) is 1. The first kappa shape index (κ1) is 16.0. The van der Waals surface area contributed by atoms with Crippen LogP contribution in [0.3, 0.4) is 0 Å². The average molecular weight is 305 g/mol. The van der Waals surface area contributed by atoms with E-state index in [-0.39, 0.29) is 0 Å². The van der Waals surface area contributed by atoms with Crippen molar-refractivity contribution in [1.29, 1.82) is 0 Å². The molecular formula is C22H27N. The van der Waals surface area contributed by atoms with E-state index in [4.69, 9.17) is 4.99 Å². The molecule has 1 heterocycles. The summed E-state index contributed by atoms with van der Waals surface area (Å²) < 4.78 is 0. The fraction of sp³-hybridized carbons (Fsp3) is 0.409. The number of hydrogen-bond donors (Lipinski definition) is 0. The van der Waals surface area contributed by atoms with Gasteiger partial charge in [-0.25, -0.2) is 0 Å². The minimum Gasteiger partial charge on any atom is -0.257 e. The number of aliphatic imine (C=N–C) groups is 1. The highest BCUT2D eigenvalue weighted by atomic mass is 14.8. The molecule has 0 N–H and O–H groups in total. The second kappa shape index (κ2) is 7.12. The highest BCUT2D eigenvalue weighted by Crippen LogP contribution is 2.35. The normalized spacial score (nSPS) is 21.7. The van der Waals surface area contributed by atoms with Crippen molar-refractivity contribution in [3.63, 3.8) is 0 Å². The molecule has 0 spiro atoms. The summed E-state index contributed by atoms with van der Waals surface area (Å²) in [6, 6.07) is 10.7. The van der Waals surface area contributed by atoms with E-state index in [2.05, 4.69) is 63.3 Å². The summed E-state index contributed by atoms with van der Waals surface area (Å²) in [7, 11) is 0. The maximum absolute atomic E-state index is 5.08. The lowest BCUT2D eigenvalue weighted by Crippen LogP contribution is -2.16. The van der Waals surface area contributed by atoms with E-state index in [1.807, 2.05) is 0 Å². The molecule has 1 aromatic rings. The maximum Gasteiger partial charge on any atom is 0.0693 e. The Kier molecular flexibility index (Phi) is 4.95. The molecule has 1 atom stereocenters. The first-order chi connectivity index (χ1) is 11.2. The van der Waals surface area contributed by atoms with Crippen LogP contribution in [0.5, 0.6) is 0 Å². The predicted octanol–water partition coefficient (Wildman–Crippen LogP) is 6.35. The van der Waals surface area contributed by atoms with Gasteiger partial charge in [0.05, 0.1) is 5.70 Å². The molecule has 1 aliphatic heterocycles. The van der Waals surface area contributed by atoms with E-state index in [0.717, 1.165) is 12.8 Å². The Hall–Kier alpha value is -1.89. The fourth-order valence-electron chi connectivity index (χ4n) is 3.57. The zero-order chi connectivity index (χ0) is 16.2. The Morgan fingerprint density at radius 2 is 1.83 bits per heavy atom. The van der Waals surface area contributed by atoms with Gasteiger partial charge in [0.1, 0.15) is 0 Å². The summed E-state index contributed by atoms with van der Waals surface area (Å²) in [5, 5.41) is 0. The van der Waals surface area contributed by atoms with Gasteiger partial charge < -0.3 is 0 Å². The molecular weight excluding hydrogens is 278 g/mol. The predicted molar refractivity (Wildman–Crippen MR) is 101 cm³/mol. The van der Waals surface area contributed by atoms with Crippen LogP contribution in [0.15, 0.2) is 64.2 Å². The van der Waals surface area contributed by atoms with E-state index < -0.39 is 0 Å². The zero-order valence-corrected chi connectivity index (χ0v) is 14.6. The quantitative estimate of drug-likeness (QED) is 0.615. The van der Waals surface area contributed by atoms with E-state index in [0.29, 0.717) is 5.92 Å². The van der Waals surface area contributed by atoms with Crippen LogP contribution in [0.4, 0.5) is 0 Å². The van der Waals surface area contributed by atoms with Gasteiger partial charge in [-0.1, -0.05) is 60.6 Å². The van der Waals surface area contributed by atoms with E-state index >= 15 is 0 Å². The topological polar surface area (TPSA) is 12.4 Å². The molecule has 120 valence electrons. The second-order valence-corrected chi connectivity index (χ2v) is 6.90. The Labute approximate surface area is 140 Å². The SMILES string of the molecule is CCC1CC(CC2=CC=C(C)CC2)=NC(c2ccccc2)=C1C. The number of nitrogens with zero attached hydrogens (tertiary/aromatic N) is 1. The molecule has 1 heteroatoms. The molecule has 1 unspecified atom stereocenters. The van der Waals surface area contributed by atoms with Crippen molar-refractivity contribution in [3.8, 4) is 0 Å². The summed E-state index contributed by atoms with van der Waals surface area (Å²) in [6.45, 7) is 6.78. The minimum atomic E-state index is 0.638. The van der Waals surface area contributed by atoms with Gasteiger partial charge in [-0.15, -0.1) is 0 Å². The molecule has 1 nitrogen and oxygen atoms in total. The molecule has 0 amide bonds. The van der Waals surface area contributed by atoms with Crippen LogP contribution >= 0.6 is 0 Å². The largest absolute Gasteiger partial charge is 0.257 e. The number of benzene rings is 1. The van der Waals surface area contributed by atoms with Gasteiger partial charge in [0.2, 0.25) is 0 Å². The van der Waals surface area contributed by atoms with Crippen molar-refractivity contribution in [2.24, 2.45) is 10.9 Å². The van der Waals surface area contributed by atoms with E-state index in [1.54, 1.807) is 0 Å². The summed E-state index contributed by atoms with van der Waals surface area (Å²) in [5.74, 6) is 0.638. The van der Waals surface area contributed by atoms with Crippen LogP contribution in [0.1, 0.15) is 58.4 Å². The smallest absolute Gasteiger partial charge is 0.0693 e. The third-order valence-electron chi connectivity index (χ3n) is 5.15. The Morgan fingerprint density at radius 1 is 1.04 bits per heavy atom. The second-order valence-electron chi connectivity index (χ2n) is 6.90. The highest BCUT2D eigenvalue weighted by molar-refractivity contribution is 5.94. The van der Waals surface area contributed by atoms with Crippen molar-refractivity contribution >= 4 is 11.4 Å². The van der Waals surface area contributed by atoms with Crippen LogP contribution < -0.4 is 0 Å². The van der Waals surface area contributed by atoms with Gasteiger partial charge >= 0.3 is 0 Å². The molecule has 0 saturated carbocycles. The molecule has 0 aromatic heterocycles. The van der Waals surface area contributed by atoms with Crippen molar-refractivity contribution in [2.45, 2.75) is 52.9 Å². The third-order valence-corrected chi connectivity index (χ3v) is 5.15. The molecule has 0 radical (unpaired) electrons. The third kappa shape index (κ3) is 3.72. The van der Waals surface area contributed by atoms with Gasteiger partial charge in [0.25, 0.3) is 0 Å². The number of rotatable bonds is 4. The van der Waals surface area contributed by atoms with Crippen LogP contribution in [-0.2, 0) is 0 Å². The van der Waals surface area contributed by atoms with Crippen LogP contribution in [-0.4, -0.2) is 5.71 Å². The monoisotopic (exact) mass is 305 g/mol. The van der Waals surface area contributed by atoms with Gasteiger partial charge in [-0.3, -0.25) is 4.99 Å². The minimum absolute atomic E-state index is 0.638. The molecule has 0 bridgehead atoms. The summed E-state index contributed by atoms with van der Waals surface area (Å²) in [4.78, 5) is 5.08. The van der Waals surface area contributed by atoms with Crippen LogP contribution in [0, 0.1) is 5.92 Å². The standard InChI is InChI=1S/C22H27N/c1-4-19-15-21(14-18-12-10-16(2)11-13-18)23-22(17(19)3)20-8-6-5-7-9-20/h5-10,12,19H,4,11,13-15H2,1-3H3. The van der Waals surface area contributed by atoms with Crippen molar-refractivity contribution in [1.82, 2.24) is 0 Å². The molecule has 1 aromatic carbocycles. The van der Waals surface area contributed by atoms with Gasteiger partial charge in [0, 0.05) is 17.7 Å². The molecule has 1 aliphatic carbocycles.